The summed E-state index contributed by atoms with van der Waals surface area (Å²) in [6.07, 6.45) is 0. The molecule has 5 rings (SSSR count). The lowest BCUT2D eigenvalue weighted by atomic mass is 10.0. The summed E-state index contributed by atoms with van der Waals surface area (Å²) in [7, 11) is -3.82. The molecule has 5 aromatic rings. The van der Waals surface area contributed by atoms with E-state index in [0.717, 1.165) is 31.7 Å². The lowest BCUT2D eigenvalue weighted by Crippen LogP contribution is -2.14. The molecule has 1 aromatic heterocycles. The molecule has 31 heavy (non-hydrogen) atoms. The first-order valence-corrected chi connectivity index (χ1v) is 11.4. The maximum Gasteiger partial charge on any atom is 0.283 e. The molecular formula is C26H20N2O2S. The van der Waals surface area contributed by atoms with Crippen molar-refractivity contribution in [3.8, 4) is 22.4 Å². The van der Waals surface area contributed by atoms with Gasteiger partial charge in [-0.2, -0.15) is 17.6 Å². The zero-order chi connectivity index (χ0) is 21.4. The van der Waals surface area contributed by atoms with E-state index < -0.39 is 10.0 Å². The molecule has 0 bridgehead atoms. The molecule has 0 amide bonds. The number of para-hydroxylation sites is 1. The molecule has 0 N–H and O–H groups in total. The van der Waals surface area contributed by atoms with Gasteiger partial charge in [0.25, 0.3) is 10.0 Å². The van der Waals surface area contributed by atoms with Gasteiger partial charge in [0.05, 0.1) is 10.4 Å². The molecule has 4 aromatic carbocycles. The molecule has 1 heterocycles. The lowest BCUT2D eigenvalue weighted by Gasteiger charge is -2.06. The number of hydrogen-bond donors (Lipinski definition) is 0. The SMILES string of the molecule is Cc1ccc(S(=O)(=O)n2nc(-c3ccc(-c4ccccc4)cc3)c3ccccc32)cc1. The van der Waals surface area contributed by atoms with Crippen molar-refractivity contribution in [2.45, 2.75) is 11.8 Å². The minimum Gasteiger partial charge on any atom is -0.199 e. The second kappa shape index (κ2) is 7.52. The van der Waals surface area contributed by atoms with Crippen LogP contribution in [-0.2, 0) is 10.0 Å². The maximum atomic E-state index is 13.3. The number of fused-ring (bicyclic) bond motifs is 1. The fraction of sp³-hybridized carbons (Fsp3) is 0.0385. The Morgan fingerprint density at radius 3 is 1.94 bits per heavy atom. The van der Waals surface area contributed by atoms with Crippen molar-refractivity contribution in [3.05, 3.63) is 109 Å². The first-order chi connectivity index (χ1) is 15.0. The summed E-state index contributed by atoms with van der Waals surface area (Å²) in [5.74, 6) is 0. The molecule has 0 spiro atoms. The van der Waals surface area contributed by atoms with Crippen LogP contribution in [0.1, 0.15) is 5.56 Å². The summed E-state index contributed by atoms with van der Waals surface area (Å²) in [4.78, 5) is 0.220. The van der Waals surface area contributed by atoms with Gasteiger partial charge in [0.15, 0.2) is 0 Å². The predicted octanol–water partition coefficient (Wildman–Crippen LogP) is 5.92. The van der Waals surface area contributed by atoms with Crippen LogP contribution in [0, 0.1) is 6.92 Å². The van der Waals surface area contributed by atoms with Crippen LogP contribution in [0.15, 0.2) is 108 Å². The molecule has 0 radical (unpaired) electrons. The molecule has 152 valence electrons. The number of hydrogen-bond acceptors (Lipinski definition) is 3. The number of rotatable bonds is 4. The first kappa shape index (κ1) is 19.3. The normalized spacial score (nSPS) is 11.6. The molecule has 0 fully saturated rings. The summed E-state index contributed by atoms with van der Waals surface area (Å²) >= 11 is 0. The van der Waals surface area contributed by atoms with Gasteiger partial charge >= 0.3 is 0 Å². The third-order valence-corrected chi connectivity index (χ3v) is 6.97. The van der Waals surface area contributed by atoms with Crippen molar-refractivity contribution in [1.29, 1.82) is 0 Å². The molecule has 0 unspecified atom stereocenters. The van der Waals surface area contributed by atoms with E-state index in [1.807, 2.05) is 67.6 Å². The van der Waals surface area contributed by atoms with Gasteiger partial charge in [0.2, 0.25) is 0 Å². The monoisotopic (exact) mass is 424 g/mol. The lowest BCUT2D eigenvalue weighted by molar-refractivity contribution is 0.582. The molecule has 0 aliphatic rings. The van der Waals surface area contributed by atoms with Gasteiger partial charge in [0.1, 0.15) is 5.69 Å². The quantitative estimate of drug-likeness (QED) is 0.360. The van der Waals surface area contributed by atoms with Gasteiger partial charge < -0.3 is 0 Å². The summed E-state index contributed by atoms with van der Waals surface area (Å²) < 4.78 is 27.8. The number of nitrogens with zero attached hydrogens (tertiary/aromatic N) is 2. The van der Waals surface area contributed by atoms with Gasteiger partial charge in [-0.3, -0.25) is 0 Å². The van der Waals surface area contributed by atoms with E-state index in [2.05, 4.69) is 17.2 Å². The molecule has 0 saturated carbocycles. The highest BCUT2D eigenvalue weighted by atomic mass is 32.2. The number of aromatic nitrogens is 2. The van der Waals surface area contributed by atoms with Crippen molar-refractivity contribution < 1.29 is 8.42 Å². The van der Waals surface area contributed by atoms with Crippen LogP contribution in [0.4, 0.5) is 0 Å². The van der Waals surface area contributed by atoms with Crippen molar-refractivity contribution >= 4 is 20.9 Å². The summed E-state index contributed by atoms with van der Waals surface area (Å²) in [6.45, 7) is 1.93. The van der Waals surface area contributed by atoms with Crippen LogP contribution in [0.5, 0.6) is 0 Å². The van der Waals surface area contributed by atoms with Gasteiger partial charge in [-0.05, 0) is 36.2 Å². The number of aryl methyl sites for hydroxylation is 1. The first-order valence-electron chi connectivity index (χ1n) is 10.00. The van der Waals surface area contributed by atoms with Crippen LogP contribution in [0.25, 0.3) is 33.3 Å². The van der Waals surface area contributed by atoms with Gasteiger partial charge in [0, 0.05) is 10.9 Å². The molecule has 0 aliphatic heterocycles. The third kappa shape index (κ3) is 3.43. The Kier molecular flexibility index (Phi) is 4.68. The van der Waals surface area contributed by atoms with Crippen molar-refractivity contribution in [2.75, 3.05) is 0 Å². The van der Waals surface area contributed by atoms with Crippen LogP contribution in [0.3, 0.4) is 0 Å². The summed E-state index contributed by atoms with van der Waals surface area (Å²) in [5, 5.41) is 5.36. The average Bonchev–Trinajstić information content (AvgIpc) is 3.21. The van der Waals surface area contributed by atoms with Crippen molar-refractivity contribution in [3.63, 3.8) is 0 Å². The van der Waals surface area contributed by atoms with E-state index in [9.17, 15) is 8.42 Å². The highest BCUT2D eigenvalue weighted by Crippen LogP contribution is 2.31. The predicted molar refractivity (Wildman–Crippen MR) is 124 cm³/mol. The second-order valence-electron chi connectivity index (χ2n) is 7.47. The third-order valence-electron chi connectivity index (χ3n) is 5.37. The fourth-order valence-corrected chi connectivity index (χ4v) is 4.98. The smallest absolute Gasteiger partial charge is 0.199 e. The zero-order valence-electron chi connectivity index (χ0n) is 16.9. The summed E-state index contributed by atoms with van der Waals surface area (Å²) in [5.41, 5.74) is 5.31. The second-order valence-corrected chi connectivity index (χ2v) is 9.24. The van der Waals surface area contributed by atoms with Crippen molar-refractivity contribution in [2.24, 2.45) is 0 Å². The highest BCUT2D eigenvalue weighted by molar-refractivity contribution is 7.90. The molecule has 0 atom stereocenters. The van der Waals surface area contributed by atoms with Gasteiger partial charge in [-0.1, -0.05) is 90.5 Å². The van der Waals surface area contributed by atoms with Gasteiger partial charge in [-0.25, -0.2) is 0 Å². The zero-order valence-corrected chi connectivity index (χ0v) is 17.8. The molecule has 0 saturated heterocycles. The van der Waals surface area contributed by atoms with E-state index >= 15 is 0 Å². The van der Waals surface area contributed by atoms with Crippen molar-refractivity contribution in [1.82, 2.24) is 9.19 Å². The van der Waals surface area contributed by atoms with E-state index in [1.165, 1.54) is 0 Å². The average molecular weight is 425 g/mol. The van der Waals surface area contributed by atoms with E-state index in [4.69, 9.17) is 0 Å². The topological polar surface area (TPSA) is 52.0 Å². The Morgan fingerprint density at radius 2 is 1.23 bits per heavy atom. The minimum atomic E-state index is -3.82. The maximum absolute atomic E-state index is 13.3. The Hall–Kier alpha value is -3.70. The van der Waals surface area contributed by atoms with Crippen LogP contribution in [-0.4, -0.2) is 17.6 Å². The Bertz CT molecular complexity index is 1470. The minimum absolute atomic E-state index is 0.220. The Morgan fingerprint density at radius 1 is 0.645 bits per heavy atom. The molecule has 4 nitrogen and oxygen atoms in total. The standard InChI is InChI=1S/C26H20N2O2S/c1-19-11-17-23(18-12-19)31(29,30)28-25-10-6-5-9-24(25)26(27-28)22-15-13-21(14-16-22)20-7-3-2-4-8-20/h2-18H,1H3. The van der Waals surface area contributed by atoms with E-state index in [-0.39, 0.29) is 4.90 Å². The van der Waals surface area contributed by atoms with E-state index in [0.29, 0.717) is 11.2 Å². The highest BCUT2D eigenvalue weighted by Gasteiger charge is 2.23. The molecular weight excluding hydrogens is 404 g/mol. The van der Waals surface area contributed by atoms with Crippen LogP contribution < -0.4 is 0 Å². The number of benzene rings is 4. The largest absolute Gasteiger partial charge is 0.283 e. The van der Waals surface area contributed by atoms with Crippen LogP contribution >= 0.6 is 0 Å². The molecule has 5 heteroatoms. The fourth-order valence-electron chi connectivity index (χ4n) is 3.70. The van der Waals surface area contributed by atoms with Crippen LogP contribution in [0.2, 0.25) is 0 Å². The summed E-state index contributed by atoms with van der Waals surface area (Å²) in [6, 6.07) is 32.4. The van der Waals surface area contributed by atoms with E-state index in [1.54, 1.807) is 30.3 Å². The molecule has 0 aliphatic carbocycles. The van der Waals surface area contributed by atoms with Gasteiger partial charge in [-0.15, -0.1) is 0 Å². The Labute approximate surface area is 181 Å². The Balaban J connectivity index is 1.64.